The number of hydrogen-bond donors (Lipinski definition) is 1. The van der Waals surface area contributed by atoms with Gasteiger partial charge in [-0.3, -0.25) is 0 Å². The molecule has 0 fully saturated rings. The van der Waals surface area contributed by atoms with Crippen molar-refractivity contribution in [3.05, 3.63) is 47.5 Å². The van der Waals surface area contributed by atoms with Crippen molar-refractivity contribution in [1.29, 1.82) is 0 Å². The Kier molecular flexibility index (Phi) is 4.50. The summed E-state index contributed by atoms with van der Waals surface area (Å²) in [6.45, 7) is 5.42. The highest BCUT2D eigenvalue weighted by Gasteiger charge is 2.11. The van der Waals surface area contributed by atoms with Crippen LogP contribution in [0.3, 0.4) is 0 Å². The second kappa shape index (κ2) is 6.32. The van der Waals surface area contributed by atoms with E-state index in [1.165, 1.54) is 12.1 Å². The Balaban J connectivity index is 2.21. The lowest BCUT2D eigenvalue weighted by atomic mass is 10.2. The van der Waals surface area contributed by atoms with Gasteiger partial charge in [0, 0.05) is 25.7 Å². The predicted molar refractivity (Wildman–Crippen MR) is 79.4 cm³/mol. The Labute approximate surface area is 118 Å². The lowest BCUT2D eigenvalue weighted by molar-refractivity contribution is 0.625. The molecule has 1 heterocycles. The lowest BCUT2D eigenvalue weighted by Gasteiger charge is -2.21. The van der Waals surface area contributed by atoms with Gasteiger partial charge in [-0.15, -0.1) is 0 Å². The normalized spacial score (nSPS) is 10.4. The van der Waals surface area contributed by atoms with Gasteiger partial charge in [0.15, 0.2) is 0 Å². The minimum atomic E-state index is -0.219. The summed E-state index contributed by atoms with van der Waals surface area (Å²) in [4.78, 5) is 10.5. The maximum absolute atomic E-state index is 13.2. The molecule has 1 N–H and O–H groups in total. The molecule has 0 saturated heterocycles. The van der Waals surface area contributed by atoms with Crippen molar-refractivity contribution in [3.8, 4) is 0 Å². The van der Waals surface area contributed by atoms with E-state index >= 15 is 0 Å². The summed E-state index contributed by atoms with van der Waals surface area (Å²) < 4.78 is 13.2. The molecule has 2 aromatic rings. The summed E-state index contributed by atoms with van der Waals surface area (Å²) in [5.41, 5.74) is 1.91. The quantitative estimate of drug-likeness (QED) is 0.910. The molecule has 0 aliphatic heterocycles. The molecule has 106 valence electrons. The number of anilines is 2. The lowest BCUT2D eigenvalue weighted by Crippen LogP contribution is -2.20. The summed E-state index contributed by atoms with van der Waals surface area (Å²) in [6.07, 6.45) is 1.54. The molecule has 0 aliphatic rings. The predicted octanol–water partition coefficient (Wildman–Crippen LogP) is 2.99. The number of hydrogen-bond acceptors (Lipinski definition) is 4. The average molecular weight is 274 g/mol. The molecule has 0 saturated carbocycles. The first-order valence-electron chi connectivity index (χ1n) is 6.63. The molecule has 1 aromatic carbocycles. The molecule has 2 rings (SSSR count). The third kappa shape index (κ3) is 3.23. The van der Waals surface area contributed by atoms with Gasteiger partial charge in [0.05, 0.1) is 0 Å². The topological polar surface area (TPSA) is 41.1 Å². The van der Waals surface area contributed by atoms with E-state index in [4.69, 9.17) is 0 Å². The highest BCUT2D eigenvalue weighted by molar-refractivity contribution is 5.57. The van der Waals surface area contributed by atoms with Gasteiger partial charge in [0.1, 0.15) is 23.8 Å². The number of aromatic nitrogens is 2. The largest absolute Gasteiger partial charge is 0.370 e. The van der Waals surface area contributed by atoms with Gasteiger partial charge < -0.3 is 10.2 Å². The molecular weight excluding hydrogens is 255 g/mol. The van der Waals surface area contributed by atoms with Crippen molar-refractivity contribution in [2.45, 2.75) is 20.4 Å². The minimum absolute atomic E-state index is 0.219. The Bertz CT molecular complexity index is 586. The summed E-state index contributed by atoms with van der Waals surface area (Å²) in [7, 11) is 1.94. The summed E-state index contributed by atoms with van der Waals surface area (Å²) in [5, 5.41) is 3.21. The standard InChI is InChI=1S/C15H19FN4/c1-4-17-14-11(2)15(19-10-18-14)20(3)9-12-6-5-7-13(16)8-12/h5-8,10H,4,9H2,1-3H3,(H,17,18,19). The number of benzene rings is 1. The van der Waals surface area contributed by atoms with Gasteiger partial charge in [0.2, 0.25) is 0 Å². The fourth-order valence-corrected chi connectivity index (χ4v) is 2.16. The Hall–Kier alpha value is -2.17. The zero-order valence-electron chi connectivity index (χ0n) is 12.0. The van der Waals surface area contributed by atoms with E-state index in [1.54, 1.807) is 12.4 Å². The fraction of sp³-hybridized carbons (Fsp3) is 0.333. The van der Waals surface area contributed by atoms with Crippen LogP contribution in [0.25, 0.3) is 0 Å². The first-order valence-corrected chi connectivity index (χ1v) is 6.63. The van der Waals surface area contributed by atoms with E-state index in [-0.39, 0.29) is 5.82 Å². The molecule has 0 atom stereocenters. The van der Waals surface area contributed by atoms with Crippen LogP contribution in [0.5, 0.6) is 0 Å². The third-order valence-electron chi connectivity index (χ3n) is 3.07. The van der Waals surface area contributed by atoms with Crippen LogP contribution in [0.15, 0.2) is 30.6 Å². The van der Waals surface area contributed by atoms with Crippen molar-refractivity contribution >= 4 is 11.6 Å². The summed E-state index contributed by atoms with van der Waals surface area (Å²) >= 11 is 0. The number of nitrogens with zero attached hydrogens (tertiary/aromatic N) is 3. The van der Waals surface area contributed by atoms with E-state index < -0.39 is 0 Å². The van der Waals surface area contributed by atoms with Gasteiger partial charge in [-0.25, -0.2) is 14.4 Å². The van der Waals surface area contributed by atoms with Gasteiger partial charge in [-0.1, -0.05) is 12.1 Å². The van der Waals surface area contributed by atoms with Crippen molar-refractivity contribution in [2.24, 2.45) is 0 Å². The van der Waals surface area contributed by atoms with Gasteiger partial charge >= 0.3 is 0 Å². The molecule has 0 amide bonds. The Morgan fingerprint density at radius 2 is 2.10 bits per heavy atom. The SMILES string of the molecule is CCNc1ncnc(N(C)Cc2cccc(F)c2)c1C. The number of halogens is 1. The highest BCUT2D eigenvalue weighted by Crippen LogP contribution is 2.22. The van der Waals surface area contributed by atoms with E-state index in [0.29, 0.717) is 6.54 Å². The van der Waals surface area contributed by atoms with Crippen LogP contribution in [-0.2, 0) is 6.54 Å². The molecule has 20 heavy (non-hydrogen) atoms. The van der Waals surface area contributed by atoms with Crippen LogP contribution < -0.4 is 10.2 Å². The third-order valence-corrected chi connectivity index (χ3v) is 3.07. The molecule has 5 heteroatoms. The van der Waals surface area contributed by atoms with Crippen molar-refractivity contribution in [1.82, 2.24) is 9.97 Å². The second-order valence-electron chi connectivity index (χ2n) is 4.69. The van der Waals surface area contributed by atoms with Crippen molar-refractivity contribution < 1.29 is 4.39 Å². The van der Waals surface area contributed by atoms with Crippen LogP contribution in [0.1, 0.15) is 18.1 Å². The van der Waals surface area contributed by atoms with E-state index in [9.17, 15) is 4.39 Å². The van der Waals surface area contributed by atoms with Crippen LogP contribution in [-0.4, -0.2) is 23.6 Å². The molecule has 0 spiro atoms. The molecule has 0 unspecified atom stereocenters. The molecule has 0 bridgehead atoms. The molecule has 1 aromatic heterocycles. The molecule has 4 nitrogen and oxygen atoms in total. The average Bonchev–Trinajstić information content (AvgIpc) is 2.41. The van der Waals surface area contributed by atoms with Crippen LogP contribution in [0, 0.1) is 12.7 Å². The van der Waals surface area contributed by atoms with E-state index in [0.717, 1.165) is 29.3 Å². The van der Waals surface area contributed by atoms with Crippen molar-refractivity contribution in [3.63, 3.8) is 0 Å². The van der Waals surface area contributed by atoms with Crippen LogP contribution >= 0.6 is 0 Å². The Morgan fingerprint density at radius 1 is 1.30 bits per heavy atom. The fourth-order valence-electron chi connectivity index (χ4n) is 2.16. The molecule has 0 radical (unpaired) electrons. The zero-order valence-corrected chi connectivity index (χ0v) is 12.0. The zero-order chi connectivity index (χ0) is 14.5. The monoisotopic (exact) mass is 274 g/mol. The van der Waals surface area contributed by atoms with Crippen LogP contribution in [0.2, 0.25) is 0 Å². The summed E-state index contributed by atoms with van der Waals surface area (Å²) in [6, 6.07) is 6.61. The maximum Gasteiger partial charge on any atom is 0.137 e. The van der Waals surface area contributed by atoms with Crippen molar-refractivity contribution in [2.75, 3.05) is 23.8 Å². The van der Waals surface area contributed by atoms with Gasteiger partial charge in [-0.2, -0.15) is 0 Å². The first-order chi connectivity index (χ1) is 9.61. The molecular formula is C15H19FN4. The number of nitrogens with one attached hydrogen (secondary N) is 1. The van der Waals surface area contributed by atoms with Gasteiger partial charge in [-0.05, 0) is 31.5 Å². The van der Waals surface area contributed by atoms with Crippen LogP contribution in [0.4, 0.5) is 16.0 Å². The van der Waals surface area contributed by atoms with E-state index in [1.807, 2.05) is 31.9 Å². The molecule has 0 aliphatic carbocycles. The van der Waals surface area contributed by atoms with E-state index in [2.05, 4.69) is 15.3 Å². The summed E-state index contributed by atoms with van der Waals surface area (Å²) in [5.74, 6) is 1.47. The smallest absolute Gasteiger partial charge is 0.137 e. The number of rotatable bonds is 5. The second-order valence-corrected chi connectivity index (χ2v) is 4.69. The van der Waals surface area contributed by atoms with Gasteiger partial charge in [0.25, 0.3) is 0 Å². The first kappa shape index (κ1) is 14.2. The highest BCUT2D eigenvalue weighted by atomic mass is 19.1. The Morgan fingerprint density at radius 3 is 2.80 bits per heavy atom. The maximum atomic E-state index is 13.2. The minimum Gasteiger partial charge on any atom is -0.370 e.